The van der Waals surface area contributed by atoms with Gasteiger partial charge < -0.3 is 24.8 Å². The molecule has 1 atom stereocenters. The highest BCUT2D eigenvalue weighted by atomic mass is 35.5. The minimum atomic E-state index is -0.779. The fourth-order valence-electron chi connectivity index (χ4n) is 2.61. The van der Waals surface area contributed by atoms with E-state index in [1.54, 1.807) is 23.1 Å². The number of ether oxygens (including phenoxy) is 3. The molecule has 2 rings (SSSR count). The van der Waals surface area contributed by atoms with Crippen LogP contribution in [0.2, 0.25) is 5.02 Å². The number of benzene rings is 2. The van der Waals surface area contributed by atoms with Gasteiger partial charge in [0.25, 0.3) is 0 Å². The summed E-state index contributed by atoms with van der Waals surface area (Å²) in [6, 6.07) is 12.0. The molecule has 0 saturated carbocycles. The van der Waals surface area contributed by atoms with Gasteiger partial charge in [-0.05, 0) is 42.8 Å². The number of carbonyl (C=O) groups excluding carboxylic acids is 1. The molecule has 2 aromatic carbocycles. The topological polar surface area (TPSA) is 74.0 Å². The number of hydrogen-bond acceptors (Lipinski definition) is 5. The van der Waals surface area contributed by atoms with Crippen LogP contribution in [0.3, 0.4) is 0 Å². The molecule has 154 valence electrons. The van der Waals surface area contributed by atoms with E-state index >= 15 is 0 Å². The molecule has 0 saturated heterocycles. The third-order valence-electron chi connectivity index (χ3n) is 3.95. The second-order valence-electron chi connectivity index (χ2n) is 5.88. The minimum Gasteiger partial charge on any atom is -0.495 e. The predicted octanol–water partition coefficient (Wildman–Crippen LogP) is 3.68. The summed E-state index contributed by atoms with van der Waals surface area (Å²) in [5.41, 5.74) is 7.55. The molecular formula is C20H26Cl2N2O4. The molecule has 2 N–H and O–H groups in total. The molecule has 0 fully saturated rings. The molecule has 0 aliphatic rings. The lowest BCUT2D eigenvalue weighted by Crippen LogP contribution is -2.46. The number of nitrogens with two attached hydrogens (primary N) is 1. The van der Waals surface area contributed by atoms with Gasteiger partial charge in [0.05, 0.1) is 31.9 Å². The molecule has 0 radical (unpaired) electrons. The molecule has 6 nitrogen and oxygen atoms in total. The molecule has 2 aromatic rings. The van der Waals surface area contributed by atoms with Gasteiger partial charge >= 0.3 is 0 Å². The Morgan fingerprint density at radius 2 is 1.86 bits per heavy atom. The van der Waals surface area contributed by atoms with E-state index in [0.717, 1.165) is 11.3 Å². The summed E-state index contributed by atoms with van der Waals surface area (Å²) in [7, 11) is 3.05. The Morgan fingerprint density at radius 1 is 1.18 bits per heavy atom. The Balaban J connectivity index is 0.00000392. The first-order valence-electron chi connectivity index (χ1n) is 8.61. The summed E-state index contributed by atoms with van der Waals surface area (Å²) in [5.74, 6) is 1.06. The summed E-state index contributed by atoms with van der Waals surface area (Å²) >= 11 is 6.24. The predicted molar refractivity (Wildman–Crippen MR) is 114 cm³/mol. The van der Waals surface area contributed by atoms with Gasteiger partial charge in [0, 0.05) is 12.8 Å². The van der Waals surface area contributed by atoms with Crippen molar-refractivity contribution in [2.45, 2.75) is 19.5 Å². The first-order valence-corrected chi connectivity index (χ1v) is 8.99. The Morgan fingerprint density at radius 3 is 2.39 bits per heavy atom. The van der Waals surface area contributed by atoms with E-state index in [2.05, 4.69) is 0 Å². The van der Waals surface area contributed by atoms with E-state index < -0.39 is 6.04 Å². The van der Waals surface area contributed by atoms with Crippen LogP contribution in [0.25, 0.3) is 0 Å². The van der Waals surface area contributed by atoms with E-state index in [9.17, 15) is 4.79 Å². The number of nitrogens with zero attached hydrogens (tertiary/aromatic N) is 1. The van der Waals surface area contributed by atoms with Gasteiger partial charge in [-0.1, -0.05) is 23.7 Å². The zero-order chi connectivity index (χ0) is 19.8. The lowest BCUT2D eigenvalue weighted by atomic mass is 10.1. The first kappa shape index (κ1) is 24.0. The monoisotopic (exact) mass is 428 g/mol. The van der Waals surface area contributed by atoms with Crippen LogP contribution >= 0.6 is 24.0 Å². The molecule has 0 heterocycles. The molecule has 0 spiro atoms. The van der Waals surface area contributed by atoms with Gasteiger partial charge in [-0.25, -0.2) is 0 Å². The van der Waals surface area contributed by atoms with Crippen LogP contribution in [0.15, 0.2) is 42.5 Å². The van der Waals surface area contributed by atoms with Crippen molar-refractivity contribution in [3.05, 3.63) is 53.1 Å². The lowest BCUT2D eigenvalue weighted by Gasteiger charge is -2.26. The van der Waals surface area contributed by atoms with E-state index in [-0.39, 0.29) is 24.9 Å². The fourth-order valence-corrected chi connectivity index (χ4v) is 2.86. The van der Waals surface area contributed by atoms with Gasteiger partial charge in [-0.3, -0.25) is 4.79 Å². The summed E-state index contributed by atoms with van der Waals surface area (Å²) in [5, 5.41) is 0.416. The maximum Gasteiger partial charge on any atom is 0.246 e. The molecule has 0 bridgehead atoms. The van der Waals surface area contributed by atoms with Crippen molar-refractivity contribution in [1.82, 2.24) is 0 Å². The highest BCUT2D eigenvalue weighted by molar-refractivity contribution is 6.32. The average molecular weight is 429 g/mol. The Hall–Kier alpha value is -1.99. The number of methoxy groups -OCH3 is 2. The van der Waals surface area contributed by atoms with Crippen LogP contribution in [-0.4, -0.2) is 39.4 Å². The minimum absolute atomic E-state index is 0. The van der Waals surface area contributed by atoms with Crippen LogP contribution in [0, 0.1) is 0 Å². The number of amides is 1. The Labute approximate surface area is 176 Å². The Kier molecular flexibility index (Phi) is 10.1. The van der Waals surface area contributed by atoms with Crippen molar-refractivity contribution in [3.63, 3.8) is 0 Å². The third-order valence-corrected chi connectivity index (χ3v) is 4.25. The zero-order valence-electron chi connectivity index (χ0n) is 16.2. The second kappa shape index (κ2) is 11.8. The lowest BCUT2D eigenvalue weighted by molar-refractivity contribution is -0.121. The van der Waals surface area contributed by atoms with E-state index in [4.69, 9.17) is 31.5 Å². The van der Waals surface area contributed by atoms with Crippen LogP contribution in [0.4, 0.5) is 5.69 Å². The first-order chi connectivity index (χ1) is 13.0. The van der Waals surface area contributed by atoms with Crippen LogP contribution in [-0.2, 0) is 16.1 Å². The fraction of sp³-hybridized carbons (Fsp3) is 0.350. The van der Waals surface area contributed by atoms with Gasteiger partial charge in [0.2, 0.25) is 5.91 Å². The zero-order valence-corrected chi connectivity index (χ0v) is 17.8. The molecule has 0 aliphatic heterocycles. The summed E-state index contributed by atoms with van der Waals surface area (Å²) in [6.07, 6.45) is 0. The highest BCUT2D eigenvalue weighted by Crippen LogP contribution is 2.30. The number of halogens is 2. The molecule has 1 amide bonds. The number of hydrogen-bond donors (Lipinski definition) is 1. The summed E-state index contributed by atoms with van der Waals surface area (Å²) in [4.78, 5) is 14.5. The smallest absolute Gasteiger partial charge is 0.246 e. The SMILES string of the molecule is CCOc1ccc(CN(C(=O)C(N)COC)c2ccc(OC)c(Cl)c2)cc1.Cl. The van der Waals surface area contributed by atoms with Gasteiger partial charge in [-0.2, -0.15) is 0 Å². The summed E-state index contributed by atoms with van der Waals surface area (Å²) in [6.45, 7) is 2.99. The van der Waals surface area contributed by atoms with E-state index in [1.165, 1.54) is 14.2 Å². The van der Waals surface area contributed by atoms with Gasteiger partial charge in [-0.15, -0.1) is 12.4 Å². The molecule has 0 aromatic heterocycles. The van der Waals surface area contributed by atoms with Crippen molar-refractivity contribution in [2.24, 2.45) is 5.73 Å². The number of carbonyl (C=O) groups is 1. The molecule has 28 heavy (non-hydrogen) atoms. The standard InChI is InChI=1S/C20H25ClN2O4.ClH/c1-4-27-16-8-5-14(6-9-16)12-23(20(24)18(22)13-25-2)15-7-10-19(26-3)17(21)11-15;/h5-11,18H,4,12-13,22H2,1-3H3;1H. The normalized spacial score (nSPS) is 11.3. The van der Waals surface area contributed by atoms with Crippen LogP contribution < -0.4 is 20.1 Å². The van der Waals surface area contributed by atoms with Crippen molar-refractivity contribution in [1.29, 1.82) is 0 Å². The van der Waals surface area contributed by atoms with Crippen molar-refractivity contribution >= 4 is 35.6 Å². The number of rotatable bonds is 9. The van der Waals surface area contributed by atoms with Gasteiger partial charge in [0.15, 0.2) is 0 Å². The maximum absolute atomic E-state index is 12.9. The highest BCUT2D eigenvalue weighted by Gasteiger charge is 2.23. The van der Waals surface area contributed by atoms with Crippen molar-refractivity contribution in [3.8, 4) is 11.5 Å². The van der Waals surface area contributed by atoms with Crippen LogP contribution in [0.1, 0.15) is 12.5 Å². The van der Waals surface area contributed by atoms with E-state index in [1.807, 2.05) is 31.2 Å². The molecule has 1 unspecified atom stereocenters. The van der Waals surface area contributed by atoms with Crippen molar-refractivity contribution in [2.75, 3.05) is 32.3 Å². The second-order valence-corrected chi connectivity index (χ2v) is 6.29. The number of anilines is 1. The van der Waals surface area contributed by atoms with Crippen LogP contribution in [0.5, 0.6) is 11.5 Å². The third kappa shape index (κ3) is 6.27. The van der Waals surface area contributed by atoms with E-state index in [0.29, 0.717) is 29.6 Å². The largest absolute Gasteiger partial charge is 0.495 e. The molecular weight excluding hydrogens is 403 g/mol. The average Bonchev–Trinajstić information content (AvgIpc) is 2.67. The summed E-state index contributed by atoms with van der Waals surface area (Å²) < 4.78 is 15.7. The van der Waals surface area contributed by atoms with Crippen molar-refractivity contribution < 1.29 is 19.0 Å². The quantitative estimate of drug-likeness (QED) is 0.659. The van der Waals surface area contributed by atoms with Gasteiger partial charge in [0.1, 0.15) is 17.5 Å². The molecule has 8 heteroatoms. The molecule has 0 aliphatic carbocycles. The maximum atomic E-state index is 12.9. The Bertz CT molecular complexity index is 756.